The Morgan fingerprint density at radius 1 is 1.22 bits per heavy atom. The second-order valence-corrected chi connectivity index (χ2v) is 6.92. The number of nitrogens with one attached hydrogen (secondary N) is 2. The van der Waals surface area contributed by atoms with Crippen molar-refractivity contribution in [1.82, 2.24) is 10.3 Å². The van der Waals surface area contributed by atoms with Gasteiger partial charge >= 0.3 is 6.18 Å². The Kier molecular flexibility index (Phi) is 5.36. The molecule has 2 N–H and O–H groups in total. The quantitative estimate of drug-likeness (QED) is 0.637. The first-order chi connectivity index (χ1) is 12.6. The summed E-state index contributed by atoms with van der Waals surface area (Å²) in [5, 5.41) is 23.6. The van der Waals surface area contributed by atoms with Crippen molar-refractivity contribution in [2.24, 2.45) is 0 Å². The topological polar surface area (TPSA) is 92.5 Å². The third-order valence-electron chi connectivity index (χ3n) is 3.60. The first kappa shape index (κ1) is 19.5. The summed E-state index contributed by atoms with van der Waals surface area (Å²) in [6.07, 6.45) is -4.75. The van der Waals surface area contributed by atoms with Gasteiger partial charge < -0.3 is 21.0 Å². The van der Waals surface area contributed by atoms with Gasteiger partial charge in [0.15, 0.2) is 10.7 Å². The van der Waals surface area contributed by atoms with E-state index in [4.69, 9.17) is 11.6 Å². The number of carbonyl (C=O) groups is 1. The first-order valence-corrected chi connectivity index (χ1v) is 8.60. The summed E-state index contributed by atoms with van der Waals surface area (Å²) in [6.45, 7) is 0.146. The molecule has 142 valence electrons. The zero-order valence-corrected chi connectivity index (χ0v) is 14.8. The number of halogens is 4. The van der Waals surface area contributed by atoms with Gasteiger partial charge in [0.25, 0.3) is 5.91 Å². The summed E-state index contributed by atoms with van der Waals surface area (Å²) < 4.78 is 38.7. The molecule has 3 aromatic rings. The molecule has 0 bridgehead atoms. The van der Waals surface area contributed by atoms with E-state index in [0.717, 1.165) is 5.56 Å². The lowest BCUT2D eigenvalue weighted by Gasteiger charge is -2.25. The molecule has 2 aromatic carbocycles. The Hall–Kier alpha value is -2.24. The van der Waals surface area contributed by atoms with E-state index in [0.29, 0.717) is 28.5 Å². The fraction of sp³-hybridized carbons (Fsp3) is 0.125. The van der Waals surface area contributed by atoms with Gasteiger partial charge in [0.05, 0.1) is 11.1 Å². The number of carbonyl (C=O) groups excluding carboxylic acids is 1. The van der Waals surface area contributed by atoms with Crippen LogP contribution < -0.4 is 10.5 Å². The van der Waals surface area contributed by atoms with Gasteiger partial charge in [0.1, 0.15) is 4.70 Å². The number of quaternary nitrogens is 1. The van der Waals surface area contributed by atoms with Crippen LogP contribution in [-0.2, 0) is 12.7 Å². The normalized spacial score (nSPS) is 12.0. The monoisotopic (exact) mass is 416 g/mol. The van der Waals surface area contributed by atoms with Gasteiger partial charge in [-0.15, -0.1) is 11.3 Å². The summed E-state index contributed by atoms with van der Waals surface area (Å²) in [7, 11) is 0. The van der Waals surface area contributed by atoms with Crippen LogP contribution in [0.4, 0.5) is 18.9 Å². The highest BCUT2D eigenvalue weighted by Crippen LogP contribution is 2.36. The van der Waals surface area contributed by atoms with Crippen molar-refractivity contribution in [3.05, 3.63) is 68.0 Å². The lowest BCUT2D eigenvalue weighted by molar-refractivity contribution is -0.713. The van der Waals surface area contributed by atoms with Gasteiger partial charge in [0.2, 0.25) is 0 Å². The molecule has 0 aliphatic rings. The molecule has 0 saturated carbocycles. The van der Waals surface area contributed by atoms with Gasteiger partial charge in [-0.05, 0) is 23.8 Å². The van der Waals surface area contributed by atoms with Gasteiger partial charge in [-0.2, -0.15) is 13.2 Å². The van der Waals surface area contributed by atoms with Crippen molar-refractivity contribution >= 4 is 44.7 Å². The summed E-state index contributed by atoms with van der Waals surface area (Å²) in [4.78, 5) is 16.1. The molecule has 0 aliphatic carbocycles. The molecule has 1 aromatic heterocycles. The molecule has 0 saturated heterocycles. The summed E-state index contributed by atoms with van der Waals surface area (Å²) in [6, 6.07) is 7.87. The Morgan fingerprint density at radius 3 is 2.48 bits per heavy atom. The van der Waals surface area contributed by atoms with E-state index in [1.807, 2.05) is 0 Å². The SMILES string of the molecule is O=C(NCc1ccc(Cl)cc1)c1nc2cc(C(F)(F)F)cc([NH+]([O-])[O-])c2s1. The van der Waals surface area contributed by atoms with E-state index in [1.54, 1.807) is 24.3 Å². The molecule has 0 spiro atoms. The molecule has 1 amide bonds. The molecule has 6 nitrogen and oxygen atoms in total. The molecule has 27 heavy (non-hydrogen) atoms. The van der Waals surface area contributed by atoms with Gasteiger partial charge in [-0.25, -0.2) is 4.98 Å². The van der Waals surface area contributed by atoms with Crippen LogP contribution in [0.1, 0.15) is 20.9 Å². The maximum absolute atomic E-state index is 12.9. The highest BCUT2D eigenvalue weighted by Gasteiger charge is 2.33. The Morgan fingerprint density at radius 2 is 1.89 bits per heavy atom. The number of hydrogen-bond acceptors (Lipinski definition) is 5. The van der Waals surface area contributed by atoms with Crippen molar-refractivity contribution in [1.29, 1.82) is 0 Å². The minimum absolute atomic E-state index is 0.0559. The molecular weight excluding hydrogens is 407 g/mol. The highest BCUT2D eigenvalue weighted by atomic mass is 35.5. The standard InChI is InChI=1S/C16H10ClF3N3O3S/c17-10-3-1-8(2-4-10)7-21-14(24)15-22-11-5-9(16(18,19)20)6-12(23(25)26)13(11)27-15/h1-6,23H,7H2,(H,21,24)/q-1. The number of fused-ring (bicyclic) bond motifs is 1. The molecule has 0 atom stereocenters. The number of thiazole rings is 1. The average Bonchev–Trinajstić information content (AvgIpc) is 3.03. The summed E-state index contributed by atoms with van der Waals surface area (Å²) in [5.74, 6) is -0.635. The predicted octanol–water partition coefficient (Wildman–Crippen LogP) is 3.41. The van der Waals surface area contributed by atoms with Crippen LogP contribution in [0.25, 0.3) is 10.2 Å². The minimum Gasteiger partial charge on any atom is -0.628 e. The van der Waals surface area contributed by atoms with Crippen molar-refractivity contribution in [3.63, 3.8) is 0 Å². The number of rotatable bonds is 4. The summed E-state index contributed by atoms with van der Waals surface area (Å²) in [5.41, 5.74) is -1.31. The third-order valence-corrected chi connectivity index (χ3v) is 4.95. The number of amides is 1. The van der Waals surface area contributed by atoms with Crippen LogP contribution in [-0.4, -0.2) is 10.9 Å². The van der Waals surface area contributed by atoms with Crippen molar-refractivity contribution < 1.29 is 23.2 Å². The van der Waals surface area contributed by atoms with Crippen LogP contribution >= 0.6 is 22.9 Å². The zero-order chi connectivity index (χ0) is 19.8. The molecule has 11 heteroatoms. The van der Waals surface area contributed by atoms with Crippen LogP contribution in [0.3, 0.4) is 0 Å². The second-order valence-electron chi connectivity index (χ2n) is 5.49. The minimum atomic E-state index is -4.75. The Labute approximate surface area is 159 Å². The van der Waals surface area contributed by atoms with Crippen molar-refractivity contribution in [2.45, 2.75) is 12.7 Å². The second kappa shape index (κ2) is 7.41. The molecule has 0 unspecified atom stereocenters. The van der Waals surface area contributed by atoms with E-state index >= 15 is 0 Å². The Bertz CT molecular complexity index is 990. The Balaban J connectivity index is 1.89. The molecule has 0 radical (unpaired) electrons. The largest absolute Gasteiger partial charge is 0.628 e. The third kappa shape index (κ3) is 4.37. The number of benzene rings is 2. The van der Waals surface area contributed by atoms with Crippen LogP contribution in [0.15, 0.2) is 36.4 Å². The van der Waals surface area contributed by atoms with Crippen LogP contribution in [0.2, 0.25) is 5.02 Å². The zero-order valence-electron chi connectivity index (χ0n) is 13.3. The predicted molar refractivity (Wildman–Crippen MR) is 94.6 cm³/mol. The van der Waals surface area contributed by atoms with Gasteiger partial charge in [-0.1, -0.05) is 23.7 Å². The van der Waals surface area contributed by atoms with E-state index in [1.165, 1.54) is 0 Å². The molecule has 0 aliphatic heterocycles. The number of alkyl halides is 3. The van der Waals surface area contributed by atoms with E-state index in [9.17, 15) is 28.4 Å². The van der Waals surface area contributed by atoms with E-state index in [2.05, 4.69) is 10.3 Å². The van der Waals surface area contributed by atoms with Gasteiger partial charge in [0, 0.05) is 17.6 Å². The average molecular weight is 417 g/mol. The maximum Gasteiger partial charge on any atom is 0.416 e. The van der Waals surface area contributed by atoms with E-state index in [-0.39, 0.29) is 21.8 Å². The maximum atomic E-state index is 12.9. The highest BCUT2D eigenvalue weighted by molar-refractivity contribution is 7.20. The number of aromatic nitrogens is 1. The lowest BCUT2D eigenvalue weighted by atomic mass is 10.2. The molecule has 0 fully saturated rings. The van der Waals surface area contributed by atoms with Crippen molar-refractivity contribution in [2.75, 3.05) is 0 Å². The molecular formula is C16H10ClF3N3O3S-. The van der Waals surface area contributed by atoms with Crippen LogP contribution in [0.5, 0.6) is 0 Å². The smallest absolute Gasteiger partial charge is 0.416 e. The summed E-state index contributed by atoms with van der Waals surface area (Å²) >= 11 is 6.46. The number of hydrogen-bond donors (Lipinski definition) is 2. The first-order valence-electron chi connectivity index (χ1n) is 7.41. The number of nitrogens with zero attached hydrogens (tertiary/aromatic N) is 1. The van der Waals surface area contributed by atoms with Crippen molar-refractivity contribution in [3.8, 4) is 0 Å². The van der Waals surface area contributed by atoms with E-state index < -0.39 is 28.6 Å². The van der Waals surface area contributed by atoms with Crippen LogP contribution in [0, 0.1) is 10.4 Å². The molecule has 3 rings (SSSR count). The fourth-order valence-electron chi connectivity index (χ4n) is 2.31. The molecule has 1 heterocycles. The lowest BCUT2D eigenvalue weighted by Crippen LogP contribution is -2.96. The van der Waals surface area contributed by atoms with Gasteiger partial charge in [-0.3, -0.25) is 4.79 Å². The fourth-order valence-corrected chi connectivity index (χ4v) is 3.39.